The molecule has 0 atom stereocenters. The molecule has 0 aliphatic heterocycles. The van der Waals surface area contributed by atoms with E-state index in [1.807, 2.05) is 19.9 Å². The number of anilines is 2. The highest BCUT2D eigenvalue weighted by Crippen LogP contribution is 2.36. The summed E-state index contributed by atoms with van der Waals surface area (Å²) in [5, 5.41) is 3.59. The third-order valence-electron chi connectivity index (χ3n) is 5.67. The summed E-state index contributed by atoms with van der Waals surface area (Å²) in [4.78, 5) is 13.4. The summed E-state index contributed by atoms with van der Waals surface area (Å²) in [6.07, 6.45) is -3.72. The van der Waals surface area contributed by atoms with Crippen LogP contribution in [0.15, 0.2) is 72.8 Å². The Hall–Kier alpha value is -3.57. The minimum absolute atomic E-state index is 0.304. The van der Waals surface area contributed by atoms with E-state index in [1.54, 1.807) is 48.5 Å². The maximum atomic E-state index is 13.0. The predicted octanol–water partition coefficient (Wildman–Crippen LogP) is 6.75. The van der Waals surface area contributed by atoms with Gasteiger partial charge in [-0.2, -0.15) is 0 Å². The highest BCUT2D eigenvalue weighted by Gasteiger charge is 2.32. The van der Waals surface area contributed by atoms with Gasteiger partial charge in [-0.1, -0.05) is 38.1 Å². The van der Waals surface area contributed by atoms with Gasteiger partial charge in [0.2, 0.25) is 10.0 Å². The lowest BCUT2D eigenvalue weighted by Crippen LogP contribution is -2.21. The largest absolute Gasteiger partial charge is 0.573 e. The van der Waals surface area contributed by atoms with Crippen LogP contribution in [0.5, 0.6) is 5.75 Å². The average Bonchev–Trinajstić information content (AvgIpc) is 3.21. The van der Waals surface area contributed by atoms with Crippen LogP contribution in [0.3, 0.4) is 0 Å². The van der Waals surface area contributed by atoms with E-state index in [9.17, 15) is 26.4 Å². The Morgan fingerprint density at radius 1 is 0.892 bits per heavy atom. The molecule has 0 aliphatic rings. The van der Waals surface area contributed by atoms with E-state index < -0.39 is 21.8 Å². The number of sulfonamides is 1. The van der Waals surface area contributed by atoms with Gasteiger partial charge >= 0.3 is 6.36 Å². The highest BCUT2D eigenvalue weighted by atomic mass is 32.2. The van der Waals surface area contributed by atoms with E-state index in [-0.39, 0.29) is 11.7 Å². The molecule has 4 rings (SSSR count). The molecule has 1 aromatic heterocycles. The molecule has 194 valence electrons. The summed E-state index contributed by atoms with van der Waals surface area (Å²) in [6.45, 7) is 3.74. The van der Waals surface area contributed by atoms with E-state index in [0.29, 0.717) is 21.8 Å². The second-order valence-electron chi connectivity index (χ2n) is 8.97. The van der Waals surface area contributed by atoms with Gasteiger partial charge in [-0.25, -0.2) is 8.42 Å². The van der Waals surface area contributed by atoms with Crippen LogP contribution in [0.1, 0.15) is 34.6 Å². The molecule has 0 fully saturated rings. The summed E-state index contributed by atoms with van der Waals surface area (Å²) in [5.74, 6) is -0.642. The first-order chi connectivity index (χ1) is 17.2. The number of hydrogen-bond donors (Lipinski definition) is 2. The number of amides is 1. The summed E-state index contributed by atoms with van der Waals surface area (Å²) in [7, 11) is -3.43. The lowest BCUT2D eigenvalue weighted by Gasteiger charge is -2.27. The standard InChI is InChI=1S/C26H23F3N2O4S2/c1-25(2,18-7-5-9-21(15-18)35-26(27,28)29)17-6-4-8-19(14-17)30-24(32)23-13-16-12-20(31-37(3,33)34)10-11-22(16)36-23/h4-15,31H,1-3H3,(H,30,32). The molecule has 0 spiro atoms. The van der Waals surface area contributed by atoms with Crippen LogP contribution in [0.4, 0.5) is 24.5 Å². The number of thiophene rings is 1. The molecule has 11 heteroatoms. The molecular formula is C26H23F3N2O4S2. The molecule has 6 nitrogen and oxygen atoms in total. The first-order valence-corrected chi connectivity index (χ1v) is 13.7. The van der Waals surface area contributed by atoms with Crippen LogP contribution in [-0.2, 0) is 15.4 Å². The number of nitrogens with one attached hydrogen (secondary N) is 2. The molecule has 0 bridgehead atoms. The number of rotatable bonds is 7. The molecule has 0 radical (unpaired) electrons. The maximum absolute atomic E-state index is 13.0. The summed E-state index contributed by atoms with van der Waals surface area (Å²) < 4.78 is 68.3. The van der Waals surface area contributed by atoms with E-state index in [1.165, 1.54) is 29.5 Å². The Bertz CT molecular complexity index is 1580. The van der Waals surface area contributed by atoms with Crippen LogP contribution in [0.25, 0.3) is 10.1 Å². The molecule has 2 N–H and O–H groups in total. The molecule has 4 aromatic rings. The molecule has 1 heterocycles. The Morgan fingerprint density at radius 3 is 2.24 bits per heavy atom. The Balaban J connectivity index is 1.55. The fraction of sp³-hybridized carbons (Fsp3) is 0.192. The second kappa shape index (κ2) is 9.71. The van der Waals surface area contributed by atoms with E-state index in [2.05, 4.69) is 14.8 Å². The van der Waals surface area contributed by atoms with Crippen LogP contribution in [0.2, 0.25) is 0 Å². The average molecular weight is 549 g/mol. The number of carbonyl (C=O) groups excluding carboxylic acids is 1. The fourth-order valence-corrected chi connectivity index (χ4v) is 5.35. The third kappa shape index (κ3) is 6.60. The molecular weight excluding hydrogens is 525 g/mol. The Morgan fingerprint density at radius 2 is 1.57 bits per heavy atom. The van der Waals surface area contributed by atoms with Gasteiger partial charge in [0.25, 0.3) is 5.91 Å². The van der Waals surface area contributed by atoms with Crippen molar-refractivity contribution in [3.8, 4) is 5.75 Å². The van der Waals surface area contributed by atoms with Crippen molar-refractivity contribution in [2.45, 2.75) is 25.6 Å². The van der Waals surface area contributed by atoms with Gasteiger partial charge in [-0.05, 0) is 65.0 Å². The third-order valence-corrected chi connectivity index (χ3v) is 7.40. The van der Waals surface area contributed by atoms with Crippen LogP contribution in [-0.4, -0.2) is 26.9 Å². The van der Waals surface area contributed by atoms with E-state index in [4.69, 9.17) is 0 Å². The topological polar surface area (TPSA) is 84.5 Å². The van der Waals surface area contributed by atoms with Crippen molar-refractivity contribution in [1.29, 1.82) is 0 Å². The zero-order chi connectivity index (χ0) is 27.0. The summed E-state index contributed by atoms with van der Waals surface area (Å²) in [5.41, 5.74) is 1.63. The lowest BCUT2D eigenvalue weighted by molar-refractivity contribution is -0.274. The minimum atomic E-state index is -4.79. The van der Waals surface area contributed by atoms with Crippen molar-refractivity contribution < 1.29 is 31.1 Å². The van der Waals surface area contributed by atoms with Crippen molar-refractivity contribution in [1.82, 2.24) is 0 Å². The number of benzene rings is 3. The van der Waals surface area contributed by atoms with E-state index in [0.717, 1.165) is 21.9 Å². The number of carbonyl (C=O) groups is 1. The molecule has 0 unspecified atom stereocenters. The monoisotopic (exact) mass is 548 g/mol. The smallest absolute Gasteiger partial charge is 0.406 e. The summed E-state index contributed by atoms with van der Waals surface area (Å²) in [6, 6.07) is 19.6. The van der Waals surface area contributed by atoms with Crippen molar-refractivity contribution in [2.24, 2.45) is 0 Å². The minimum Gasteiger partial charge on any atom is -0.406 e. The highest BCUT2D eigenvalue weighted by molar-refractivity contribution is 7.92. The maximum Gasteiger partial charge on any atom is 0.573 e. The van der Waals surface area contributed by atoms with Crippen LogP contribution in [0, 0.1) is 0 Å². The van der Waals surface area contributed by atoms with Gasteiger partial charge in [-0.15, -0.1) is 24.5 Å². The molecule has 3 aromatic carbocycles. The van der Waals surface area contributed by atoms with Crippen molar-refractivity contribution in [3.05, 3.63) is 88.8 Å². The number of hydrogen-bond acceptors (Lipinski definition) is 5. The molecule has 1 amide bonds. The quantitative estimate of drug-likeness (QED) is 0.268. The van der Waals surface area contributed by atoms with Gasteiger partial charge in [0.15, 0.2) is 0 Å². The zero-order valence-electron chi connectivity index (χ0n) is 20.0. The molecule has 0 saturated carbocycles. The van der Waals surface area contributed by atoms with Crippen molar-refractivity contribution in [2.75, 3.05) is 16.3 Å². The van der Waals surface area contributed by atoms with Crippen molar-refractivity contribution in [3.63, 3.8) is 0 Å². The Kier molecular flexibility index (Phi) is 6.95. The SMILES string of the molecule is CC(C)(c1cccc(NC(=O)c2cc3cc(NS(C)(=O)=O)ccc3s2)c1)c1cccc(OC(F)(F)F)c1. The molecule has 37 heavy (non-hydrogen) atoms. The summed E-state index contributed by atoms with van der Waals surface area (Å²) >= 11 is 1.27. The number of alkyl halides is 3. The van der Waals surface area contributed by atoms with Gasteiger partial charge in [0.05, 0.1) is 11.1 Å². The van der Waals surface area contributed by atoms with Crippen LogP contribution >= 0.6 is 11.3 Å². The molecule has 0 aliphatic carbocycles. The Labute approximate surface area is 216 Å². The number of fused-ring (bicyclic) bond motifs is 1. The predicted molar refractivity (Wildman–Crippen MR) is 140 cm³/mol. The van der Waals surface area contributed by atoms with Crippen molar-refractivity contribution >= 4 is 48.7 Å². The normalized spacial score (nSPS) is 12.4. The zero-order valence-corrected chi connectivity index (χ0v) is 21.6. The first kappa shape index (κ1) is 26.5. The van der Waals surface area contributed by atoms with Gasteiger partial charge < -0.3 is 10.1 Å². The fourth-order valence-electron chi connectivity index (χ4n) is 3.86. The van der Waals surface area contributed by atoms with Gasteiger partial charge in [-0.3, -0.25) is 9.52 Å². The molecule has 0 saturated heterocycles. The number of halogens is 3. The van der Waals surface area contributed by atoms with Gasteiger partial charge in [0, 0.05) is 21.5 Å². The number of ether oxygens (including phenoxy) is 1. The van der Waals surface area contributed by atoms with Crippen LogP contribution < -0.4 is 14.8 Å². The first-order valence-electron chi connectivity index (χ1n) is 11.0. The van der Waals surface area contributed by atoms with Gasteiger partial charge in [0.1, 0.15) is 5.75 Å². The van der Waals surface area contributed by atoms with E-state index >= 15 is 0 Å². The lowest BCUT2D eigenvalue weighted by atomic mass is 9.78. The second-order valence-corrected chi connectivity index (χ2v) is 11.8.